The van der Waals surface area contributed by atoms with Crippen molar-refractivity contribution >= 4 is 34.4 Å². The largest absolute Gasteiger partial charge is 0.461 e. The number of hydrogen-bond donors (Lipinski definition) is 1. The van der Waals surface area contributed by atoms with E-state index in [0.29, 0.717) is 23.3 Å². The van der Waals surface area contributed by atoms with Crippen molar-refractivity contribution in [1.29, 1.82) is 0 Å². The van der Waals surface area contributed by atoms with E-state index in [9.17, 15) is 4.79 Å². The van der Waals surface area contributed by atoms with Gasteiger partial charge in [0.25, 0.3) is 0 Å². The summed E-state index contributed by atoms with van der Waals surface area (Å²) in [6, 6.07) is 9.31. The average Bonchev–Trinajstić information content (AvgIpc) is 3.40. The van der Waals surface area contributed by atoms with Gasteiger partial charge in [0.1, 0.15) is 0 Å². The van der Waals surface area contributed by atoms with Crippen LogP contribution in [0, 0.1) is 0 Å². The zero-order valence-corrected chi connectivity index (χ0v) is 15.7. The molecule has 8 nitrogen and oxygen atoms in total. The minimum absolute atomic E-state index is 0.112. The molecular weight excluding hydrogens is 364 g/mol. The second-order valence-electron chi connectivity index (χ2n) is 5.89. The molecule has 0 atom stereocenters. The number of nitrogens with one attached hydrogen (secondary N) is 1. The van der Waals surface area contributed by atoms with Gasteiger partial charge in [-0.05, 0) is 31.2 Å². The number of para-hydroxylation sites is 1. The first-order valence-corrected chi connectivity index (χ1v) is 9.45. The molecule has 1 aromatic carbocycles. The molecule has 4 rings (SSSR count). The number of hydrogen-bond acceptors (Lipinski definition) is 6. The summed E-state index contributed by atoms with van der Waals surface area (Å²) in [5.74, 6) is 1.43. The summed E-state index contributed by atoms with van der Waals surface area (Å²) in [6.07, 6.45) is 3.33. The van der Waals surface area contributed by atoms with Crippen LogP contribution in [0.25, 0.3) is 22.6 Å². The molecule has 0 fully saturated rings. The first-order chi connectivity index (χ1) is 13.2. The monoisotopic (exact) mass is 382 g/mol. The molecule has 3 heterocycles. The van der Waals surface area contributed by atoms with Crippen molar-refractivity contribution in [3.8, 4) is 11.6 Å². The highest BCUT2D eigenvalue weighted by Crippen LogP contribution is 2.25. The number of aryl methyl sites for hydroxylation is 1. The van der Waals surface area contributed by atoms with Crippen LogP contribution in [-0.4, -0.2) is 36.0 Å². The number of aromatic nitrogens is 5. The third-order valence-electron chi connectivity index (χ3n) is 4.12. The van der Waals surface area contributed by atoms with Crippen LogP contribution in [-0.2, 0) is 18.4 Å². The van der Waals surface area contributed by atoms with E-state index in [-0.39, 0.29) is 11.7 Å². The third kappa shape index (κ3) is 3.33. The van der Waals surface area contributed by atoms with Gasteiger partial charge in [0, 0.05) is 13.6 Å². The van der Waals surface area contributed by atoms with Crippen LogP contribution >= 0.6 is 11.8 Å². The van der Waals surface area contributed by atoms with Gasteiger partial charge >= 0.3 is 0 Å². The summed E-state index contributed by atoms with van der Waals surface area (Å²) < 4.78 is 9.22. The topological polar surface area (TPSA) is 90.8 Å². The van der Waals surface area contributed by atoms with E-state index in [1.54, 1.807) is 12.6 Å². The van der Waals surface area contributed by atoms with E-state index in [1.807, 2.05) is 53.4 Å². The fourth-order valence-electron chi connectivity index (χ4n) is 2.90. The molecule has 9 heteroatoms. The van der Waals surface area contributed by atoms with Crippen molar-refractivity contribution in [3.63, 3.8) is 0 Å². The minimum Gasteiger partial charge on any atom is -0.461 e. The molecule has 0 aliphatic carbocycles. The second kappa shape index (κ2) is 7.28. The fourth-order valence-corrected chi connectivity index (χ4v) is 3.70. The molecule has 1 amide bonds. The highest BCUT2D eigenvalue weighted by Gasteiger charge is 2.16. The number of amides is 1. The van der Waals surface area contributed by atoms with Crippen molar-refractivity contribution < 1.29 is 9.21 Å². The van der Waals surface area contributed by atoms with Gasteiger partial charge in [-0.3, -0.25) is 9.36 Å². The first kappa shape index (κ1) is 17.3. The molecule has 138 valence electrons. The maximum absolute atomic E-state index is 12.5. The van der Waals surface area contributed by atoms with Crippen LogP contribution < -0.4 is 5.32 Å². The Morgan fingerprint density at radius 3 is 2.93 bits per heavy atom. The third-order valence-corrected chi connectivity index (χ3v) is 5.09. The molecule has 0 aliphatic heterocycles. The maximum atomic E-state index is 12.5. The molecule has 0 saturated carbocycles. The summed E-state index contributed by atoms with van der Waals surface area (Å²) >= 11 is 1.34. The van der Waals surface area contributed by atoms with Gasteiger partial charge in [0.05, 0.1) is 35.1 Å². The number of imidazole rings is 1. The lowest BCUT2D eigenvalue weighted by atomic mass is 10.2. The van der Waals surface area contributed by atoms with E-state index in [2.05, 4.69) is 20.5 Å². The van der Waals surface area contributed by atoms with E-state index in [0.717, 1.165) is 16.7 Å². The molecule has 0 radical (unpaired) electrons. The van der Waals surface area contributed by atoms with Crippen LogP contribution in [0.2, 0.25) is 0 Å². The van der Waals surface area contributed by atoms with Gasteiger partial charge in [-0.15, -0.1) is 10.2 Å². The summed E-state index contributed by atoms with van der Waals surface area (Å²) in [5, 5.41) is 12.0. The Balaban J connectivity index is 1.47. The lowest BCUT2D eigenvalue weighted by Gasteiger charge is -2.08. The van der Waals surface area contributed by atoms with Gasteiger partial charge in [-0.1, -0.05) is 17.8 Å². The number of furan rings is 1. The number of rotatable bonds is 6. The zero-order chi connectivity index (χ0) is 18.8. The van der Waals surface area contributed by atoms with Crippen LogP contribution in [0.5, 0.6) is 0 Å². The molecule has 0 saturated heterocycles. The summed E-state index contributed by atoms with van der Waals surface area (Å²) in [7, 11) is 1.90. The highest BCUT2D eigenvalue weighted by molar-refractivity contribution is 7.99. The lowest BCUT2D eigenvalue weighted by molar-refractivity contribution is -0.113. The Hall–Kier alpha value is -3.07. The highest BCUT2D eigenvalue weighted by atomic mass is 32.2. The van der Waals surface area contributed by atoms with Gasteiger partial charge < -0.3 is 14.3 Å². The average molecular weight is 382 g/mol. The number of thioether (sulfide) groups is 1. The van der Waals surface area contributed by atoms with Crippen LogP contribution in [0.1, 0.15) is 6.92 Å². The van der Waals surface area contributed by atoms with E-state index < -0.39 is 0 Å². The molecule has 1 N–H and O–H groups in total. The number of carbonyl (C=O) groups excluding carboxylic acids is 1. The van der Waals surface area contributed by atoms with Gasteiger partial charge in [-0.2, -0.15) is 0 Å². The molecule has 0 unspecified atom stereocenters. The number of anilines is 1. The predicted molar refractivity (Wildman–Crippen MR) is 103 cm³/mol. The second-order valence-corrected chi connectivity index (χ2v) is 6.84. The molecule has 3 aromatic heterocycles. The van der Waals surface area contributed by atoms with E-state index in [4.69, 9.17) is 4.42 Å². The molecule has 0 bridgehead atoms. The van der Waals surface area contributed by atoms with Crippen LogP contribution in [0.4, 0.5) is 5.69 Å². The Morgan fingerprint density at radius 1 is 1.26 bits per heavy atom. The Kier molecular flexibility index (Phi) is 4.68. The van der Waals surface area contributed by atoms with Gasteiger partial charge in [-0.25, -0.2) is 4.98 Å². The predicted octanol–water partition coefficient (Wildman–Crippen LogP) is 3.18. The van der Waals surface area contributed by atoms with Crippen molar-refractivity contribution in [2.45, 2.75) is 18.6 Å². The van der Waals surface area contributed by atoms with Gasteiger partial charge in [0.2, 0.25) is 5.91 Å². The summed E-state index contributed by atoms with van der Waals surface area (Å²) in [4.78, 5) is 16.8. The normalized spacial score (nSPS) is 11.2. The Labute approximate surface area is 159 Å². The molecule has 27 heavy (non-hydrogen) atoms. The van der Waals surface area contributed by atoms with Crippen molar-refractivity contribution in [2.24, 2.45) is 7.05 Å². The van der Waals surface area contributed by atoms with Gasteiger partial charge in [0.15, 0.2) is 16.7 Å². The molecule has 0 spiro atoms. The minimum atomic E-state index is -0.112. The van der Waals surface area contributed by atoms with Crippen LogP contribution in [0.3, 0.4) is 0 Å². The SMILES string of the molecule is CCn1c(SCC(=O)Nc2cccc3ncn(C)c23)nnc1-c1ccco1. The number of fused-ring (bicyclic) bond motifs is 1. The fraction of sp³-hybridized carbons (Fsp3) is 0.222. The molecule has 4 aromatic rings. The molecule has 0 aliphatic rings. The van der Waals surface area contributed by atoms with Crippen LogP contribution in [0.15, 0.2) is 52.5 Å². The first-order valence-electron chi connectivity index (χ1n) is 8.47. The van der Waals surface area contributed by atoms with E-state index in [1.165, 1.54) is 11.8 Å². The van der Waals surface area contributed by atoms with Crippen molar-refractivity contribution in [3.05, 3.63) is 42.9 Å². The lowest BCUT2D eigenvalue weighted by Crippen LogP contribution is -2.15. The zero-order valence-electron chi connectivity index (χ0n) is 14.9. The van der Waals surface area contributed by atoms with E-state index >= 15 is 0 Å². The summed E-state index contributed by atoms with van der Waals surface area (Å²) in [5.41, 5.74) is 2.48. The van der Waals surface area contributed by atoms with Crippen molar-refractivity contribution in [2.75, 3.05) is 11.1 Å². The maximum Gasteiger partial charge on any atom is 0.234 e. The number of carbonyl (C=O) groups is 1. The summed E-state index contributed by atoms with van der Waals surface area (Å²) in [6.45, 7) is 2.68. The standard InChI is InChI=1S/C18H18N6O2S/c1-3-24-17(14-8-5-9-26-14)21-22-18(24)27-10-15(25)20-13-7-4-6-12-16(13)23(2)11-19-12/h4-9,11H,3,10H2,1-2H3,(H,20,25). The Morgan fingerprint density at radius 2 is 2.15 bits per heavy atom. The van der Waals surface area contributed by atoms with Crippen molar-refractivity contribution in [1.82, 2.24) is 24.3 Å². The molecular formula is C18H18N6O2S. The number of nitrogens with zero attached hydrogens (tertiary/aromatic N) is 5. The smallest absolute Gasteiger partial charge is 0.234 e. The number of benzene rings is 1. The quantitative estimate of drug-likeness (QED) is 0.515. The Bertz CT molecular complexity index is 1080.